The van der Waals surface area contributed by atoms with E-state index in [1.165, 1.54) is 0 Å². The molecule has 0 bridgehead atoms. The van der Waals surface area contributed by atoms with Gasteiger partial charge in [0.25, 0.3) is 0 Å². The minimum atomic E-state index is -2.64. The Labute approximate surface area is 246 Å². The number of carbonyl (C=O) groups is 1. The molecule has 0 saturated heterocycles. The van der Waals surface area contributed by atoms with E-state index >= 15 is 0 Å². The van der Waals surface area contributed by atoms with Gasteiger partial charge in [0.05, 0.1) is 14.7 Å². The van der Waals surface area contributed by atoms with E-state index in [1.54, 1.807) is 12.1 Å². The van der Waals surface area contributed by atoms with Crippen LogP contribution in [-0.4, -0.2) is 52.5 Å². The third-order valence-electron chi connectivity index (χ3n) is 7.52. The van der Waals surface area contributed by atoms with E-state index in [2.05, 4.69) is 10.3 Å². The third-order valence-corrected chi connectivity index (χ3v) is 9.22. The van der Waals surface area contributed by atoms with Crippen LogP contribution in [0.3, 0.4) is 0 Å². The number of carbonyl (C=O) groups excluding carboxylic acids is 1. The van der Waals surface area contributed by atoms with Gasteiger partial charge >= 0.3 is 4.87 Å². The number of alkyl halides is 2. The van der Waals surface area contributed by atoms with Gasteiger partial charge in [-0.1, -0.05) is 53.1 Å². The molecule has 0 radical (unpaired) electrons. The summed E-state index contributed by atoms with van der Waals surface area (Å²) in [6, 6.07) is 8.81. The average molecular weight is 615 g/mol. The van der Waals surface area contributed by atoms with Crippen molar-refractivity contribution in [2.45, 2.75) is 76.2 Å². The zero-order chi connectivity index (χ0) is 28.7. The number of phenolic OH excluding ortho intramolecular Hbond substituents is 1. The fourth-order valence-electron chi connectivity index (χ4n) is 5.28. The van der Waals surface area contributed by atoms with Crippen LogP contribution in [0.15, 0.2) is 35.1 Å². The molecule has 1 amide bonds. The molecule has 6 nitrogen and oxygen atoms in total. The second-order valence-corrected chi connectivity index (χ2v) is 12.2. The van der Waals surface area contributed by atoms with Gasteiger partial charge in [0.15, 0.2) is 0 Å². The van der Waals surface area contributed by atoms with Gasteiger partial charge in [-0.3, -0.25) is 9.59 Å². The molecule has 2 aromatic carbocycles. The number of hydrogen-bond donors (Lipinski definition) is 3. The van der Waals surface area contributed by atoms with E-state index in [-0.39, 0.29) is 35.4 Å². The normalized spacial score (nSPS) is 15.5. The van der Waals surface area contributed by atoms with Crippen molar-refractivity contribution in [2.24, 2.45) is 0 Å². The van der Waals surface area contributed by atoms with Crippen molar-refractivity contribution >= 4 is 50.7 Å². The number of aromatic hydroxyl groups is 1. The van der Waals surface area contributed by atoms with Gasteiger partial charge in [0, 0.05) is 38.4 Å². The number of aromatic amines is 1. The van der Waals surface area contributed by atoms with Crippen LogP contribution in [0, 0.1) is 0 Å². The molecule has 40 heavy (non-hydrogen) atoms. The number of thiazole rings is 1. The molecule has 3 aromatic rings. The number of benzene rings is 2. The summed E-state index contributed by atoms with van der Waals surface area (Å²) in [4.78, 5) is 29.2. The summed E-state index contributed by atoms with van der Waals surface area (Å²) in [5.41, 5.74) is 2.53. The van der Waals surface area contributed by atoms with E-state index in [4.69, 9.17) is 23.2 Å². The number of amides is 1. The fourth-order valence-corrected chi connectivity index (χ4v) is 6.50. The van der Waals surface area contributed by atoms with E-state index in [1.807, 2.05) is 23.1 Å². The largest absolute Gasteiger partial charge is 0.506 e. The third kappa shape index (κ3) is 8.41. The summed E-state index contributed by atoms with van der Waals surface area (Å²) in [7, 11) is 0. The summed E-state index contributed by atoms with van der Waals surface area (Å²) in [6.07, 6.45) is 4.57. The molecule has 0 spiro atoms. The van der Waals surface area contributed by atoms with Crippen LogP contribution in [0.5, 0.6) is 5.75 Å². The summed E-state index contributed by atoms with van der Waals surface area (Å²) in [5.74, 6) is -2.58. The van der Waals surface area contributed by atoms with Crippen molar-refractivity contribution in [1.82, 2.24) is 15.2 Å². The molecule has 4 rings (SSSR count). The minimum absolute atomic E-state index is 0.00500. The number of H-pyrrole nitrogens is 1. The molecule has 1 aliphatic carbocycles. The van der Waals surface area contributed by atoms with Gasteiger partial charge < -0.3 is 20.3 Å². The highest BCUT2D eigenvalue weighted by Crippen LogP contribution is 2.35. The van der Waals surface area contributed by atoms with Crippen LogP contribution < -0.4 is 10.2 Å². The average Bonchev–Trinajstić information content (AvgIpc) is 3.32. The number of rotatable bonds is 13. The van der Waals surface area contributed by atoms with E-state index in [0.29, 0.717) is 54.5 Å². The maximum Gasteiger partial charge on any atom is 0.305 e. The Bertz CT molecular complexity index is 1350. The molecular formula is C29H35Cl2F2N3O3S. The first-order valence-electron chi connectivity index (χ1n) is 13.8. The SMILES string of the molecule is O=C(CCNCCc1ccc(Cl)c(Cl)c1)N(CCCCCc1ccc(O)c2[nH]c(=O)sc12)C1CCC(F)(F)CC1. The number of aromatic nitrogens is 1. The lowest BCUT2D eigenvalue weighted by molar-refractivity contribution is -0.136. The second kappa shape index (κ2) is 14.1. The van der Waals surface area contributed by atoms with Crippen molar-refractivity contribution in [3.8, 4) is 5.75 Å². The van der Waals surface area contributed by atoms with Crippen LogP contribution >= 0.6 is 34.5 Å². The lowest BCUT2D eigenvalue weighted by Crippen LogP contribution is -2.45. The predicted molar refractivity (Wildman–Crippen MR) is 158 cm³/mol. The van der Waals surface area contributed by atoms with Gasteiger partial charge in [0.2, 0.25) is 11.8 Å². The van der Waals surface area contributed by atoms with Crippen molar-refractivity contribution in [3.63, 3.8) is 0 Å². The van der Waals surface area contributed by atoms with E-state index < -0.39 is 5.92 Å². The zero-order valence-corrected chi connectivity index (χ0v) is 24.6. The summed E-state index contributed by atoms with van der Waals surface area (Å²) < 4.78 is 28.4. The van der Waals surface area contributed by atoms with Gasteiger partial charge in [-0.2, -0.15) is 0 Å². The van der Waals surface area contributed by atoms with Crippen LogP contribution in [0.4, 0.5) is 8.78 Å². The molecule has 11 heteroatoms. The smallest absolute Gasteiger partial charge is 0.305 e. The molecule has 218 valence electrons. The van der Waals surface area contributed by atoms with Gasteiger partial charge in [-0.25, -0.2) is 8.78 Å². The summed E-state index contributed by atoms with van der Waals surface area (Å²) in [5, 5.41) is 14.3. The predicted octanol–water partition coefficient (Wildman–Crippen LogP) is 6.94. The quantitative estimate of drug-likeness (QED) is 0.182. The molecule has 1 heterocycles. The van der Waals surface area contributed by atoms with Crippen LogP contribution in [0.25, 0.3) is 10.2 Å². The highest BCUT2D eigenvalue weighted by atomic mass is 35.5. The van der Waals surface area contributed by atoms with Gasteiger partial charge in [0.1, 0.15) is 11.3 Å². The first kappa shape index (κ1) is 30.8. The number of nitrogens with zero attached hydrogens (tertiary/aromatic N) is 1. The molecule has 0 unspecified atom stereocenters. The van der Waals surface area contributed by atoms with E-state index in [9.17, 15) is 23.5 Å². The van der Waals surface area contributed by atoms with Crippen molar-refractivity contribution in [1.29, 1.82) is 0 Å². The molecule has 1 saturated carbocycles. The maximum atomic E-state index is 13.8. The Balaban J connectivity index is 1.25. The Morgan fingerprint density at radius 2 is 1.85 bits per heavy atom. The Morgan fingerprint density at radius 1 is 1.07 bits per heavy atom. The van der Waals surface area contributed by atoms with Crippen molar-refractivity contribution in [2.75, 3.05) is 19.6 Å². The number of halogens is 4. The molecule has 0 atom stereocenters. The van der Waals surface area contributed by atoms with Gasteiger partial charge in [-0.05, 0) is 74.4 Å². The topological polar surface area (TPSA) is 85.4 Å². The molecule has 3 N–H and O–H groups in total. The number of unbranched alkanes of at least 4 members (excludes halogenated alkanes) is 2. The van der Waals surface area contributed by atoms with E-state index in [0.717, 1.165) is 59.3 Å². The molecule has 1 fully saturated rings. The molecule has 0 aliphatic heterocycles. The number of phenols is 1. The monoisotopic (exact) mass is 613 g/mol. The highest BCUT2D eigenvalue weighted by Gasteiger charge is 2.37. The van der Waals surface area contributed by atoms with Crippen molar-refractivity contribution in [3.05, 3.63) is 61.2 Å². The fraction of sp³-hybridized carbons (Fsp3) is 0.517. The highest BCUT2D eigenvalue weighted by molar-refractivity contribution is 7.16. The molecule has 1 aromatic heterocycles. The minimum Gasteiger partial charge on any atom is -0.506 e. The summed E-state index contributed by atoms with van der Waals surface area (Å²) in [6.45, 7) is 1.73. The first-order valence-corrected chi connectivity index (χ1v) is 15.4. The maximum absolute atomic E-state index is 13.8. The standard InChI is InChI=1S/C29H35Cl2F2N3O3S/c30-22-7-5-19(18-23(22)31)11-15-34-16-12-25(38)36(21-9-13-29(32,33)14-10-21)17-3-1-2-4-20-6-8-24(37)26-27(20)40-28(39)35-26/h5-8,18,21,34,37H,1-4,9-17H2,(H,35,39). The first-order chi connectivity index (χ1) is 19.1. The Morgan fingerprint density at radius 3 is 2.60 bits per heavy atom. The number of aryl methyl sites for hydroxylation is 1. The van der Waals surface area contributed by atoms with Crippen LogP contribution in [-0.2, 0) is 17.6 Å². The number of nitrogens with one attached hydrogen (secondary N) is 2. The number of fused-ring (bicyclic) bond motifs is 1. The van der Waals surface area contributed by atoms with Crippen LogP contribution in [0.2, 0.25) is 10.0 Å². The lowest BCUT2D eigenvalue weighted by Gasteiger charge is -2.37. The molecular weight excluding hydrogens is 579 g/mol. The Kier molecular flexibility index (Phi) is 10.9. The lowest BCUT2D eigenvalue weighted by atomic mass is 9.90. The second-order valence-electron chi connectivity index (χ2n) is 10.4. The van der Waals surface area contributed by atoms with Crippen LogP contribution in [0.1, 0.15) is 62.5 Å². The summed E-state index contributed by atoms with van der Waals surface area (Å²) >= 11 is 13.1. The zero-order valence-electron chi connectivity index (χ0n) is 22.3. The number of hydrogen-bond acceptors (Lipinski definition) is 5. The van der Waals surface area contributed by atoms with Crippen molar-refractivity contribution < 1.29 is 18.7 Å². The molecule has 1 aliphatic rings. The van der Waals surface area contributed by atoms with Gasteiger partial charge in [-0.15, -0.1) is 0 Å². The Hall–Kier alpha value is -2.20.